The highest BCUT2D eigenvalue weighted by molar-refractivity contribution is 6.05. The Kier molecular flexibility index (Phi) is 5.08. The van der Waals surface area contributed by atoms with Gasteiger partial charge in [0.1, 0.15) is 0 Å². The number of anilines is 1. The molecule has 0 saturated carbocycles. The summed E-state index contributed by atoms with van der Waals surface area (Å²) in [7, 11) is 0. The zero-order chi connectivity index (χ0) is 15.1. The minimum absolute atomic E-state index is 0.0103. The van der Waals surface area contributed by atoms with Gasteiger partial charge in [-0.05, 0) is 31.2 Å². The number of aliphatic hydroxyl groups excluding tert-OH is 1. The minimum Gasteiger partial charge on any atom is -0.395 e. The quantitative estimate of drug-likeness (QED) is 0.849. The van der Waals surface area contributed by atoms with Gasteiger partial charge in [-0.15, -0.1) is 0 Å². The fourth-order valence-electron chi connectivity index (χ4n) is 1.74. The van der Waals surface area contributed by atoms with Gasteiger partial charge in [-0.2, -0.15) is 0 Å². The second kappa shape index (κ2) is 7.22. The van der Waals surface area contributed by atoms with Crippen LogP contribution in [0.15, 0.2) is 42.6 Å². The highest BCUT2D eigenvalue weighted by Crippen LogP contribution is 2.12. The first-order valence-electron chi connectivity index (χ1n) is 6.63. The Bertz CT molecular complexity index is 682. The van der Waals surface area contributed by atoms with Gasteiger partial charge in [0.05, 0.1) is 24.1 Å². The van der Waals surface area contributed by atoms with Crippen molar-refractivity contribution in [3.05, 3.63) is 59.4 Å². The fraction of sp³-hybridized carbons (Fsp3) is 0.176. The van der Waals surface area contributed by atoms with Crippen LogP contribution in [0.25, 0.3) is 0 Å². The van der Waals surface area contributed by atoms with Crippen molar-refractivity contribution < 1.29 is 9.90 Å². The molecule has 1 aromatic carbocycles. The molecule has 106 valence electrons. The van der Waals surface area contributed by atoms with Crippen LogP contribution >= 0.6 is 0 Å². The molecule has 0 aliphatic heterocycles. The van der Waals surface area contributed by atoms with E-state index in [2.05, 4.69) is 22.1 Å². The van der Waals surface area contributed by atoms with Crippen LogP contribution in [0.4, 0.5) is 5.69 Å². The van der Waals surface area contributed by atoms with Crippen LogP contribution < -0.4 is 5.32 Å². The standard InChI is InChI=1S/C17H16N2O2/c1-13-9-10-15(12-18-13)19-17(21)16-8-3-2-6-14(16)7-4-5-11-20/h2-3,6,8-10,12,20H,5,11H2,1H3,(H,19,21). The summed E-state index contributed by atoms with van der Waals surface area (Å²) in [5, 5.41) is 11.5. The van der Waals surface area contributed by atoms with Gasteiger partial charge in [-0.3, -0.25) is 9.78 Å². The molecule has 4 nitrogen and oxygen atoms in total. The lowest BCUT2D eigenvalue weighted by Crippen LogP contribution is -2.13. The molecule has 0 spiro atoms. The van der Waals surface area contributed by atoms with Crippen LogP contribution in [0.3, 0.4) is 0 Å². The average Bonchev–Trinajstić information content (AvgIpc) is 2.50. The Labute approximate surface area is 123 Å². The molecule has 2 N–H and O–H groups in total. The van der Waals surface area contributed by atoms with Crippen molar-refractivity contribution in [2.75, 3.05) is 11.9 Å². The van der Waals surface area contributed by atoms with Crippen LogP contribution in [-0.2, 0) is 0 Å². The molecule has 1 amide bonds. The van der Waals surface area contributed by atoms with Gasteiger partial charge in [-0.25, -0.2) is 0 Å². The summed E-state index contributed by atoms with van der Waals surface area (Å²) in [6.07, 6.45) is 2.01. The second-order valence-corrected chi connectivity index (χ2v) is 4.46. The number of hydrogen-bond acceptors (Lipinski definition) is 3. The summed E-state index contributed by atoms with van der Waals surface area (Å²) in [4.78, 5) is 16.4. The molecule has 0 aliphatic carbocycles. The van der Waals surface area contributed by atoms with Crippen molar-refractivity contribution in [3.8, 4) is 11.8 Å². The SMILES string of the molecule is Cc1ccc(NC(=O)c2ccccc2C#CCCO)cn1. The second-order valence-electron chi connectivity index (χ2n) is 4.46. The Morgan fingerprint density at radius 3 is 2.81 bits per heavy atom. The minimum atomic E-state index is -0.227. The maximum absolute atomic E-state index is 12.3. The monoisotopic (exact) mass is 280 g/mol. The van der Waals surface area contributed by atoms with E-state index in [9.17, 15) is 4.79 Å². The molecule has 0 radical (unpaired) electrons. The summed E-state index contributed by atoms with van der Waals surface area (Å²) < 4.78 is 0. The first kappa shape index (κ1) is 14.8. The number of amides is 1. The van der Waals surface area contributed by atoms with Crippen molar-refractivity contribution in [2.45, 2.75) is 13.3 Å². The van der Waals surface area contributed by atoms with Gasteiger partial charge in [0, 0.05) is 17.7 Å². The van der Waals surface area contributed by atoms with Crippen LogP contribution in [-0.4, -0.2) is 22.6 Å². The van der Waals surface area contributed by atoms with E-state index in [1.165, 1.54) is 0 Å². The van der Waals surface area contributed by atoms with Crippen LogP contribution in [0, 0.1) is 18.8 Å². The molecule has 0 fully saturated rings. The number of benzene rings is 1. The van der Waals surface area contributed by atoms with E-state index in [-0.39, 0.29) is 12.5 Å². The van der Waals surface area contributed by atoms with E-state index in [0.717, 1.165) is 5.69 Å². The number of aliphatic hydroxyl groups is 1. The van der Waals surface area contributed by atoms with E-state index in [4.69, 9.17) is 5.11 Å². The Morgan fingerprint density at radius 2 is 2.10 bits per heavy atom. The Morgan fingerprint density at radius 1 is 1.29 bits per heavy atom. The number of carbonyl (C=O) groups excluding carboxylic acids is 1. The van der Waals surface area contributed by atoms with E-state index in [1.54, 1.807) is 30.5 Å². The molecule has 0 bridgehead atoms. The largest absolute Gasteiger partial charge is 0.395 e. The van der Waals surface area contributed by atoms with Crippen molar-refractivity contribution in [2.24, 2.45) is 0 Å². The number of rotatable bonds is 3. The smallest absolute Gasteiger partial charge is 0.256 e. The maximum Gasteiger partial charge on any atom is 0.256 e. The lowest BCUT2D eigenvalue weighted by Gasteiger charge is -2.06. The van der Waals surface area contributed by atoms with Crippen LogP contribution in [0.2, 0.25) is 0 Å². The molecular formula is C17H16N2O2. The highest BCUT2D eigenvalue weighted by atomic mass is 16.2. The number of nitrogens with one attached hydrogen (secondary N) is 1. The number of aryl methyl sites for hydroxylation is 1. The summed E-state index contributed by atoms with van der Waals surface area (Å²) in [5.41, 5.74) is 2.68. The zero-order valence-electron chi connectivity index (χ0n) is 11.8. The van der Waals surface area contributed by atoms with Crippen molar-refractivity contribution in [1.29, 1.82) is 0 Å². The number of carbonyl (C=O) groups is 1. The first-order chi connectivity index (χ1) is 10.2. The Balaban J connectivity index is 2.19. The number of pyridine rings is 1. The molecule has 0 unspecified atom stereocenters. The molecule has 2 rings (SSSR count). The zero-order valence-corrected chi connectivity index (χ0v) is 11.8. The molecule has 0 atom stereocenters. The molecule has 2 aromatic rings. The molecule has 4 heteroatoms. The summed E-state index contributed by atoms with van der Waals surface area (Å²) in [6, 6.07) is 10.8. The van der Waals surface area contributed by atoms with Crippen molar-refractivity contribution in [3.63, 3.8) is 0 Å². The highest BCUT2D eigenvalue weighted by Gasteiger charge is 2.09. The molecular weight excluding hydrogens is 264 g/mol. The molecule has 0 aliphatic rings. The van der Waals surface area contributed by atoms with Gasteiger partial charge in [0.15, 0.2) is 0 Å². The van der Waals surface area contributed by atoms with Gasteiger partial charge in [0.2, 0.25) is 0 Å². The van der Waals surface area contributed by atoms with E-state index >= 15 is 0 Å². The van der Waals surface area contributed by atoms with Gasteiger partial charge in [0.25, 0.3) is 5.91 Å². The topological polar surface area (TPSA) is 62.2 Å². The third kappa shape index (κ3) is 4.16. The van der Waals surface area contributed by atoms with E-state index < -0.39 is 0 Å². The van der Waals surface area contributed by atoms with Crippen LogP contribution in [0.5, 0.6) is 0 Å². The maximum atomic E-state index is 12.3. The van der Waals surface area contributed by atoms with Crippen LogP contribution in [0.1, 0.15) is 28.0 Å². The predicted molar refractivity (Wildman–Crippen MR) is 82.0 cm³/mol. The number of aromatic nitrogens is 1. The Hall–Kier alpha value is -2.64. The number of hydrogen-bond donors (Lipinski definition) is 2. The molecule has 21 heavy (non-hydrogen) atoms. The molecule has 1 heterocycles. The summed E-state index contributed by atoms with van der Waals surface area (Å²) in [6.45, 7) is 1.90. The van der Waals surface area contributed by atoms with Gasteiger partial charge in [-0.1, -0.05) is 24.0 Å². The lowest BCUT2D eigenvalue weighted by molar-refractivity contribution is 0.102. The average molecular weight is 280 g/mol. The predicted octanol–water partition coefficient (Wildman–Crippen LogP) is 2.38. The normalized spacial score (nSPS) is 9.62. The van der Waals surface area contributed by atoms with E-state index in [0.29, 0.717) is 23.2 Å². The van der Waals surface area contributed by atoms with Crippen molar-refractivity contribution >= 4 is 11.6 Å². The number of nitrogens with zero attached hydrogens (tertiary/aromatic N) is 1. The van der Waals surface area contributed by atoms with Gasteiger partial charge >= 0.3 is 0 Å². The third-order valence-corrected chi connectivity index (χ3v) is 2.80. The fourth-order valence-corrected chi connectivity index (χ4v) is 1.74. The summed E-state index contributed by atoms with van der Waals surface area (Å²) >= 11 is 0. The summed E-state index contributed by atoms with van der Waals surface area (Å²) in [5.74, 6) is 5.50. The third-order valence-electron chi connectivity index (χ3n) is 2.80. The van der Waals surface area contributed by atoms with Crippen molar-refractivity contribution in [1.82, 2.24) is 4.98 Å². The molecule has 1 aromatic heterocycles. The first-order valence-corrected chi connectivity index (χ1v) is 6.63. The lowest BCUT2D eigenvalue weighted by atomic mass is 10.1. The molecule has 0 saturated heterocycles. The van der Waals surface area contributed by atoms with E-state index in [1.807, 2.05) is 19.1 Å². The van der Waals surface area contributed by atoms with Gasteiger partial charge < -0.3 is 10.4 Å².